The SMILES string of the molecule is OCCN1CCN(CCCOc2c(Cl)cccc2-c2ccccc2)CC1. The lowest BCUT2D eigenvalue weighted by Gasteiger charge is -2.34. The Labute approximate surface area is 160 Å². The van der Waals surface area contributed by atoms with E-state index in [9.17, 15) is 0 Å². The van der Waals surface area contributed by atoms with Crippen LogP contribution in [0.4, 0.5) is 0 Å². The summed E-state index contributed by atoms with van der Waals surface area (Å²) in [5.74, 6) is 0.771. The second kappa shape index (κ2) is 9.93. The Kier molecular flexibility index (Phi) is 7.32. The van der Waals surface area contributed by atoms with Crippen molar-refractivity contribution in [1.29, 1.82) is 0 Å². The number of hydrogen-bond donors (Lipinski definition) is 1. The van der Waals surface area contributed by atoms with Crippen molar-refractivity contribution in [2.75, 3.05) is 52.5 Å². The molecular formula is C21H27ClN2O2. The highest BCUT2D eigenvalue weighted by molar-refractivity contribution is 6.32. The second-order valence-electron chi connectivity index (χ2n) is 6.59. The smallest absolute Gasteiger partial charge is 0.145 e. The quantitative estimate of drug-likeness (QED) is 0.718. The number of piperazine rings is 1. The Hall–Kier alpha value is -1.59. The maximum absolute atomic E-state index is 9.01. The fraction of sp³-hybridized carbons (Fsp3) is 0.429. The molecule has 0 amide bonds. The van der Waals surface area contributed by atoms with E-state index in [2.05, 4.69) is 28.0 Å². The molecule has 1 aliphatic heterocycles. The summed E-state index contributed by atoms with van der Waals surface area (Å²) < 4.78 is 6.07. The molecule has 140 valence electrons. The predicted molar refractivity (Wildman–Crippen MR) is 107 cm³/mol. The molecule has 1 aliphatic rings. The third-order valence-corrected chi connectivity index (χ3v) is 5.10. The van der Waals surface area contributed by atoms with Gasteiger partial charge in [-0.05, 0) is 18.1 Å². The van der Waals surface area contributed by atoms with Gasteiger partial charge in [0.2, 0.25) is 0 Å². The summed E-state index contributed by atoms with van der Waals surface area (Å²) in [7, 11) is 0. The van der Waals surface area contributed by atoms with Crippen LogP contribution in [-0.4, -0.2) is 67.4 Å². The van der Waals surface area contributed by atoms with Gasteiger partial charge in [0.15, 0.2) is 0 Å². The summed E-state index contributed by atoms with van der Waals surface area (Å²) in [6, 6.07) is 16.1. The molecule has 0 radical (unpaired) electrons. The number of para-hydroxylation sites is 1. The number of aliphatic hydroxyl groups is 1. The Morgan fingerprint density at radius 2 is 1.58 bits per heavy atom. The monoisotopic (exact) mass is 374 g/mol. The van der Waals surface area contributed by atoms with Crippen LogP contribution in [0.15, 0.2) is 48.5 Å². The summed E-state index contributed by atoms with van der Waals surface area (Å²) in [5, 5.41) is 9.67. The minimum atomic E-state index is 0.245. The number of aliphatic hydroxyl groups excluding tert-OH is 1. The van der Waals surface area contributed by atoms with Crippen molar-refractivity contribution in [3.63, 3.8) is 0 Å². The van der Waals surface area contributed by atoms with E-state index in [1.165, 1.54) is 0 Å². The highest BCUT2D eigenvalue weighted by Crippen LogP contribution is 2.36. The van der Waals surface area contributed by atoms with Crippen LogP contribution in [0.5, 0.6) is 5.75 Å². The van der Waals surface area contributed by atoms with Crippen molar-refractivity contribution < 1.29 is 9.84 Å². The zero-order valence-corrected chi connectivity index (χ0v) is 15.9. The average Bonchev–Trinajstić information content (AvgIpc) is 2.68. The highest BCUT2D eigenvalue weighted by atomic mass is 35.5. The molecule has 1 heterocycles. The van der Waals surface area contributed by atoms with Gasteiger partial charge in [-0.1, -0.05) is 54.1 Å². The van der Waals surface area contributed by atoms with Gasteiger partial charge in [-0.15, -0.1) is 0 Å². The van der Waals surface area contributed by atoms with Crippen LogP contribution in [-0.2, 0) is 0 Å². The summed E-state index contributed by atoms with van der Waals surface area (Å²) >= 11 is 6.39. The van der Waals surface area contributed by atoms with Crippen molar-refractivity contribution in [2.24, 2.45) is 0 Å². The van der Waals surface area contributed by atoms with Crippen LogP contribution in [0.1, 0.15) is 6.42 Å². The first-order chi connectivity index (χ1) is 12.8. The Morgan fingerprint density at radius 1 is 0.885 bits per heavy atom. The lowest BCUT2D eigenvalue weighted by molar-refractivity contribution is 0.108. The van der Waals surface area contributed by atoms with Crippen LogP contribution >= 0.6 is 11.6 Å². The van der Waals surface area contributed by atoms with Gasteiger partial charge in [-0.25, -0.2) is 0 Å². The number of hydrogen-bond acceptors (Lipinski definition) is 4. The van der Waals surface area contributed by atoms with Gasteiger partial charge in [-0.2, -0.15) is 0 Å². The van der Waals surface area contributed by atoms with Crippen molar-refractivity contribution in [3.05, 3.63) is 53.6 Å². The van der Waals surface area contributed by atoms with Crippen LogP contribution in [0.25, 0.3) is 11.1 Å². The normalized spacial score (nSPS) is 15.9. The van der Waals surface area contributed by atoms with E-state index in [0.717, 1.165) is 62.6 Å². The topological polar surface area (TPSA) is 35.9 Å². The molecular weight excluding hydrogens is 348 g/mol. The zero-order chi connectivity index (χ0) is 18.2. The largest absolute Gasteiger partial charge is 0.491 e. The van der Waals surface area contributed by atoms with Crippen molar-refractivity contribution in [3.8, 4) is 16.9 Å². The number of benzene rings is 2. The van der Waals surface area contributed by atoms with E-state index in [0.29, 0.717) is 11.6 Å². The summed E-state index contributed by atoms with van der Waals surface area (Å²) in [5.41, 5.74) is 2.15. The van der Waals surface area contributed by atoms with Crippen LogP contribution in [0.3, 0.4) is 0 Å². The fourth-order valence-electron chi connectivity index (χ4n) is 3.34. The molecule has 5 heteroatoms. The van der Waals surface area contributed by atoms with Gasteiger partial charge in [0, 0.05) is 44.8 Å². The molecule has 1 N–H and O–H groups in total. The van der Waals surface area contributed by atoms with Gasteiger partial charge in [0.25, 0.3) is 0 Å². The third kappa shape index (κ3) is 5.21. The Bertz CT molecular complexity index is 673. The van der Waals surface area contributed by atoms with E-state index in [-0.39, 0.29) is 6.61 Å². The molecule has 0 aromatic heterocycles. The molecule has 0 atom stereocenters. The second-order valence-corrected chi connectivity index (χ2v) is 7.00. The molecule has 1 fully saturated rings. The lowest BCUT2D eigenvalue weighted by atomic mass is 10.0. The molecule has 4 nitrogen and oxygen atoms in total. The van der Waals surface area contributed by atoms with E-state index in [1.54, 1.807) is 0 Å². The summed E-state index contributed by atoms with van der Waals surface area (Å²) in [4.78, 5) is 4.77. The van der Waals surface area contributed by atoms with E-state index < -0.39 is 0 Å². The molecule has 1 saturated heterocycles. The molecule has 2 aromatic carbocycles. The van der Waals surface area contributed by atoms with Crippen molar-refractivity contribution >= 4 is 11.6 Å². The molecule has 0 bridgehead atoms. The Morgan fingerprint density at radius 3 is 2.27 bits per heavy atom. The first kappa shape index (κ1) is 19.2. The first-order valence-corrected chi connectivity index (χ1v) is 9.68. The zero-order valence-electron chi connectivity index (χ0n) is 15.1. The van der Waals surface area contributed by atoms with Crippen molar-refractivity contribution in [2.45, 2.75) is 6.42 Å². The number of ether oxygens (including phenoxy) is 1. The van der Waals surface area contributed by atoms with Gasteiger partial charge < -0.3 is 14.7 Å². The van der Waals surface area contributed by atoms with E-state index >= 15 is 0 Å². The number of nitrogens with zero attached hydrogens (tertiary/aromatic N) is 2. The molecule has 2 aromatic rings. The standard InChI is InChI=1S/C21H27ClN2O2/c22-20-9-4-8-19(18-6-2-1-3-7-18)21(20)26-17-5-10-23-11-13-24(14-12-23)15-16-25/h1-4,6-9,25H,5,10-17H2. The maximum Gasteiger partial charge on any atom is 0.145 e. The summed E-state index contributed by atoms with van der Waals surface area (Å²) in [6.07, 6.45) is 0.972. The van der Waals surface area contributed by atoms with Crippen molar-refractivity contribution in [1.82, 2.24) is 9.80 Å². The lowest BCUT2D eigenvalue weighted by Crippen LogP contribution is -2.47. The van der Waals surface area contributed by atoms with Gasteiger partial charge in [0.1, 0.15) is 5.75 Å². The minimum absolute atomic E-state index is 0.245. The molecule has 0 aliphatic carbocycles. The van der Waals surface area contributed by atoms with Crippen LogP contribution in [0, 0.1) is 0 Å². The van der Waals surface area contributed by atoms with Crippen LogP contribution in [0.2, 0.25) is 5.02 Å². The minimum Gasteiger partial charge on any atom is -0.491 e. The average molecular weight is 375 g/mol. The molecule has 0 saturated carbocycles. The third-order valence-electron chi connectivity index (χ3n) is 4.80. The van der Waals surface area contributed by atoms with Gasteiger partial charge in [-0.3, -0.25) is 4.90 Å². The Balaban J connectivity index is 1.50. The number of rotatable bonds is 8. The molecule has 0 spiro atoms. The van der Waals surface area contributed by atoms with E-state index in [1.807, 2.05) is 30.3 Å². The van der Waals surface area contributed by atoms with Gasteiger partial charge in [0.05, 0.1) is 18.2 Å². The highest BCUT2D eigenvalue weighted by Gasteiger charge is 2.16. The fourth-order valence-corrected chi connectivity index (χ4v) is 3.57. The van der Waals surface area contributed by atoms with Crippen LogP contribution < -0.4 is 4.74 Å². The molecule has 26 heavy (non-hydrogen) atoms. The molecule has 3 rings (SSSR count). The summed E-state index contributed by atoms with van der Waals surface area (Å²) in [6.45, 7) is 6.89. The number of halogens is 1. The molecule has 0 unspecified atom stereocenters. The first-order valence-electron chi connectivity index (χ1n) is 9.30. The maximum atomic E-state index is 9.01. The van der Waals surface area contributed by atoms with E-state index in [4.69, 9.17) is 21.4 Å². The predicted octanol–water partition coefficient (Wildman–Crippen LogP) is 3.39. The van der Waals surface area contributed by atoms with Gasteiger partial charge >= 0.3 is 0 Å². The number of β-amino-alcohol motifs (C(OH)–C–C–N with tert-alkyl or cyclic N) is 1.